The number of hydrogen-bond acceptors (Lipinski definition) is 7. The molecule has 4 aromatic rings. The molecule has 1 fully saturated rings. The van der Waals surface area contributed by atoms with Crippen molar-refractivity contribution in [2.45, 2.75) is 25.2 Å². The van der Waals surface area contributed by atoms with Crippen LogP contribution in [0.5, 0.6) is 11.9 Å². The highest BCUT2D eigenvalue weighted by Crippen LogP contribution is 2.56. The van der Waals surface area contributed by atoms with Crippen LogP contribution >= 0.6 is 0 Å². The Morgan fingerprint density at radius 1 is 1.09 bits per heavy atom. The molecule has 1 aliphatic carbocycles. The van der Waals surface area contributed by atoms with Crippen molar-refractivity contribution in [3.8, 4) is 23.1 Å². The predicted molar refractivity (Wildman–Crippen MR) is 116 cm³/mol. The standard InChI is InChI=1S/C23H20F2N6O2/c1-11(26)13-5-4-12(6-18(13)24)14-7-15(14)16-8-19(30-31-20(25)10-27-21(16)31)17-9-28-23(33-3)29-22(17)32-2/h4-6,8-10,14-15,26H,7H2,1-3H3/t14-,15+/m1/s1. The molecule has 0 radical (unpaired) electrons. The first-order valence-corrected chi connectivity index (χ1v) is 10.3. The lowest BCUT2D eigenvalue weighted by atomic mass is 10.0. The average Bonchev–Trinajstić information content (AvgIpc) is 3.53. The van der Waals surface area contributed by atoms with E-state index >= 15 is 0 Å². The summed E-state index contributed by atoms with van der Waals surface area (Å²) in [4.78, 5) is 12.5. The Balaban J connectivity index is 1.58. The summed E-state index contributed by atoms with van der Waals surface area (Å²) < 4.78 is 40.5. The maximum atomic E-state index is 14.5. The molecular formula is C23H20F2N6O2. The fourth-order valence-electron chi connectivity index (χ4n) is 4.12. The maximum Gasteiger partial charge on any atom is 0.319 e. The Kier molecular flexibility index (Phi) is 4.99. The van der Waals surface area contributed by atoms with Gasteiger partial charge in [0.1, 0.15) is 5.82 Å². The molecule has 168 valence electrons. The summed E-state index contributed by atoms with van der Waals surface area (Å²) in [6, 6.07) is 6.91. The normalized spacial score (nSPS) is 17.2. The Morgan fingerprint density at radius 2 is 1.91 bits per heavy atom. The average molecular weight is 450 g/mol. The van der Waals surface area contributed by atoms with Crippen LogP contribution in [0.25, 0.3) is 16.9 Å². The van der Waals surface area contributed by atoms with Crippen LogP contribution in [0.1, 0.15) is 41.9 Å². The molecule has 3 heterocycles. The van der Waals surface area contributed by atoms with Crippen molar-refractivity contribution in [1.29, 1.82) is 5.41 Å². The third-order valence-electron chi connectivity index (χ3n) is 5.85. The molecule has 3 aromatic heterocycles. The summed E-state index contributed by atoms with van der Waals surface area (Å²) in [6.07, 6.45) is 3.39. The van der Waals surface area contributed by atoms with Gasteiger partial charge in [0.05, 0.1) is 31.7 Å². The molecule has 0 aliphatic heterocycles. The van der Waals surface area contributed by atoms with Crippen LogP contribution in [-0.2, 0) is 0 Å². The fraction of sp³-hybridized carbons (Fsp3) is 0.261. The third-order valence-corrected chi connectivity index (χ3v) is 5.85. The molecule has 1 saturated carbocycles. The van der Waals surface area contributed by atoms with E-state index in [-0.39, 0.29) is 35.0 Å². The molecule has 1 aliphatic rings. The van der Waals surface area contributed by atoms with Gasteiger partial charge in [-0.15, -0.1) is 0 Å². The van der Waals surface area contributed by atoms with Gasteiger partial charge in [0, 0.05) is 23.0 Å². The van der Waals surface area contributed by atoms with Gasteiger partial charge in [0.15, 0.2) is 5.65 Å². The minimum atomic E-state index is -0.601. The lowest BCUT2D eigenvalue weighted by Gasteiger charge is -2.11. The van der Waals surface area contributed by atoms with E-state index < -0.39 is 11.8 Å². The van der Waals surface area contributed by atoms with Crippen LogP contribution in [-0.4, -0.2) is 44.5 Å². The number of ether oxygens (including phenoxy) is 2. The smallest absolute Gasteiger partial charge is 0.319 e. The molecule has 0 amide bonds. The molecule has 0 saturated heterocycles. The summed E-state index contributed by atoms with van der Waals surface area (Å²) in [5.74, 6) is -0.721. The molecular weight excluding hydrogens is 430 g/mol. The van der Waals surface area contributed by atoms with Gasteiger partial charge in [-0.25, -0.2) is 14.4 Å². The van der Waals surface area contributed by atoms with Gasteiger partial charge >= 0.3 is 6.01 Å². The van der Waals surface area contributed by atoms with Crippen LogP contribution in [0.3, 0.4) is 0 Å². The Morgan fingerprint density at radius 3 is 2.61 bits per heavy atom. The Hall–Kier alpha value is -3.95. The van der Waals surface area contributed by atoms with Gasteiger partial charge in [-0.2, -0.15) is 19.0 Å². The van der Waals surface area contributed by atoms with Crippen LogP contribution < -0.4 is 9.47 Å². The number of nitrogens with one attached hydrogen (secondary N) is 1. The highest BCUT2D eigenvalue weighted by atomic mass is 19.1. The summed E-state index contributed by atoms with van der Waals surface area (Å²) >= 11 is 0. The number of methoxy groups -OCH3 is 2. The largest absolute Gasteiger partial charge is 0.480 e. The zero-order valence-electron chi connectivity index (χ0n) is 18.1. The summed E-state index contributed by atoms with van der Waals surface area (Å²) in [5, 5.41) is 12.1. The van der Waals surface area contributed by atoms with Gasteiger partial charge in [-0.05, 0) is 48.9 Å². The van der Waals surface area contributed by atoms with Crippen LogP contribution in [0.2, 0.25) is 0 Å². The number of nitrogens with zero attached hydrogens (tertiary/aromatic N) is 5. The predicted octanol–water partition coefficient (Wildman–Crippen LogP) is 4.14. The maximum absolute atomic E-state index is 14.5. The first-order valence-electron chi connectivity index (χ1n) is 10.3. The molecule has 5 rings (SSSR count). The molecule has 0 bridgehead atoms. The van der Waals surface area contributed by atoms with Crippen LogP contribution in [0.15, 0.2) is 36.7 Å². The molecule has 33 heavy (non-hydrogen) atoms. The van der Waals surface area contributed by atoms with E-state index in [1.165, 1.54) is 26.5 Å². The van der Waals surface area contributed by atoms with E-state index in [1.54, 1.807) is 13.0 Å². The lowest BCUT2D eigenvalue weighted by Crippen LogP contribution is -2.04. The van der Waals surface area contributed by atoms with E-state index in [9.17, 15) is 8.78 Å². The van der Waals surface area contributed by atoms with Gasteiger partial charge in [0.2, 0.25) is 11.8 Å². The second-order valence-electron chi connectivity index (χ2n) is 7.89. The number of rotatable bonds is 6. The van der Waals surface area contributed by atoms with Gasteiger partial charge < -0.3 is 14.9 Å². The van der Waals surface area contributed by atoms with Crippen LogP contribution in [0.4, 0.5) is 8.78 Å². The molecule has 0 spiro atoms. The fourth-order valence-corrected chi connectivity index (χ4v) is 4.12. The number of benzene rings is 1. The molecule has 8 nitrogen and oxygen atoms in total. The minimum Gasteiger partial charge on any atom is -0.480 e. The SMILES string of the molecule is COc1ncc(-c2cc([C@H]3C[C@@H]3c3ccc(C(C)=N)c(F)c3)c3ncc(F)n3n2)c(OC)n1. The molecule has 2 atom stereocenters. The monoisotopic (exact) mass is 450 g/mol. The van der Waals surface area contributed by atoms with Crippen molar-refractivity contribution >= 4 is 11.4 Å². The second-order valence-corrected chi connectivity index (χ2v) is 7.89. The molecule has 1 N–H and O–H groups in total. The third kappa shape index (κ3) is 3.57. The molecule has 1 aromatic carbocycles. The van der Waals surface area contributed by atoms with Crippen molar-refractivity contribution in [1.82, 2.24) is 24.6 Å². The summed E-state index contributed by atoms with van der Waals surface area (Å²) in [6.45, 7) is 1.55. The van der Waals surface area contributed by atoms with Gasteiger partial charge in [0.25, 0.3) is 0 Å². The number of aromatic nitrogens is 5. The van der Waals surface area contributed by atoms with E-state index in [4.69, 9.17) is 14.9 Å². The van der Waals surface area contributed by atoms with E-state index in [2.05, 4.69) is 20.1 Å². The zero-order chi connectivity index (χ0) is 23.3. The van der Waals surface area contributed by atoms with Crippen molar-refractivity contribution in [3.63, 3.8) is 0 Å². The van der Waals surface area contributed by atoms with Gasteiger partial charge in [-0.1, -0.05) is 6.07 Å². The lowest BCUT2D eigenvalue weighted by molar-refractivity contribution is 0.353. The topological polar surface area (TPSA) is 98.3 Å². The number of hydrogen-bond donors (Lipinski definition) is 1. The van der Waals surface area contributed by atoms with E-state index in [0.717, 1.165) is 28.3 Å². The molecule has 0 unspecified atom stereocenters. The second kappa shape index (κ2) is 7.88. The van der Waals surface area contributed by atoms with Gasteiger partial charge in [-0.3, -0.25) is 0 Å². The zero-order valence-corrected chi connectivity index (χ0v) is 18.1. The summed E-state index contributed by atoms with van der Waals surface area (Å²) in [7, 11) is 2.91. The number of imidazole rings is 1. The highest BCUT2D eigenvalue weighted by molar-refractivity contribution is 5.96. The minimum absolute atomic E-state index is 0.00698. The van der Waals surface area contributed by atoms with E-state index in [0.29, 0.717) is 16.9 Å². The Bertz CT molecular complexity index is 1400. The van der Waals surface area contributed by atoms with Crippen molar-refractivity contribution in [3.05, 3.63) is 65.1 Å². The first kappa shape index (κ1) is 20.9. The highest BCUT2D eigenvalue weighted by Gasteiger charge is 2.42. The van der Waals surface area contributed by atoms with Crippen molar-refractivity contribution in [2.24, 2.45) is 0 Å². The number of halogens is 2. The van der Waals surface area contributed by atoms with E-state index in [1.807, 2.05) is 12.1 Å². The molecule has 10 heteroatoms. The van der Waals surface area contributed by atoms with Crippen molar-refractivity contribution < 1.29 is 18.3 Å². The van der Waals surface area contributed by atoms with Crippen LogP contribution in [0, 0.1) is 17.2 Å². The summed E-state index contributed by atoms with van der Waals surface area (Å²) in [5.41, 5.74) is 3.38. The quantitative estimate of drug-likeness (QED) is 0.444. The Labute approximate surface area is 187 Å². The first-order chi connectivity index (χ1) is 15.9. The van der Waals surface area contributed by atoms with Crippen molar-refractivity contribution in [2.75, 3.05) is 14.2 Å². The number of fused-ring (bicyclic) bond motifs is 1.